The summed E-state index contributed by atoms with van der Waals surface area (Å²) in [5.74, 6) is -6.45. The molecule has 28 heteroatoms. The van der Waals surface area contributed by atoms with E-state index in [2.05, 4.69) is 51.2 Å². The number of primary amides is 6. The van der Waals surface area contributed by atoms with Gasteiger partial charge >= 0.3 is 7.82 Å². The molecule has 5 saturated heterocycles. The number of ether oxygens (including phenoxy) is 1. The van der Waals surface area contributed by atoms with Gasteiger partial charge in [0.05, 0.1) is 12.6 Å². The molecule has 18 atom stereocenters. The zero-order valence-corrected chi connectivity index (χ0v) is 54.4. The van der Waals surface area contributed by atoms with Crippen LogP contribution in [-0.4, -0.2) is 128 Å². The highest BCUT2D eigenvalue weighted by molar-refractivity contribution is 7.47. The highest BCUT2D eigenvalue weighted by atomic mass is 31.2. The molecule has 7 amide bonds. The minimum Gasteiger partial charge on any atom is -0.394 e. The molecule has 8 bridgehead atoms. The number of carbonyl (C=O) groups is 7. The van der Waals surface area contributed by atoms with Gasteiger partial charge in [-0.25, -0.2) is 14.5 Å². The van der Waals surface area contributed by atoms with Crippen LogP contribution in [-0.2, 0) is 51.9 Å². The number of allylic oxidation sites excluding steroid dienone is 3. The number of aliphatic hydroxyl groups excluding tert-OH is 2. The van der Waals surface area contributed by atoms with Gasteiger partial charge in [0.1, 0.15) is 24.4 Å². The molecule has 1 aromatic heterocycles. The van der Waals surface area contributed by atoms with Crippen molar-refractivity contribution in [1.29, 1.82) is 0 Å². The molecule has 496 valence electrons. The molecule has 20 N–H and O–H groups in total. The van der Waals surface area contributed by atoms with Crippen molar-refractivity contribution in [3.05, 3.63) is 63.9 Å². The lowest BCUT2D eigenvalue weighted by Gasteiger charge is -2.49. The molecule has 90 heavy (non-hydrogen) atoms. The number of amides is 7. The van der Waals surface area contributed by atoms with Gasteiger partial charge in [0.2, 0.25) is 53.9 Å². The average Bonchev–Trinajstić information content (AvgIpc) is 1.53. The smallest absolute Gasteiger partial charge is 0.394 e. The monoisotopic (exact) mass is 1280 g/mol. The van der Waals surface area contributed by atoms with Crippen molar-refractivity contribution in [3.8, 4) is 0 Å². The number of rotatable bonds is 25. The molecule has 3 unspecified atom stereocenters. The normalized spacial score (nSPS) is 36.8. The summed E-state index contributed by atoms with van der Waals surface area (Å²) in [5, 5.41) is 37.3. The fourth-order valence-corrected chi connectivity index (χ4v) is 17.7. The zero-order chi connectivity index (χ0) is 66.7. The number of fused-ring (bicyclic) bond motifs is 10. The molecule has 8 rings (SSSR count). The van der Waals surface area contributed by atoms with Crippen molar-refractivity contribution < 1.29 is 71.6 Å². The van der Waals surface area contributed by atoms with E-state index in [9.17, 15) is 53.2 Å². The van der Waals surface area contributed by atoms with Crippen LogP contribution in [0.1, 0.15) is 150 Å². The molecular formula is C62H95N13O14P+. The molecule has 6 aliphatic rings. The predicted octanol–water partition coefficient (Wildman–Crippen LogP) is 1.62. The Hall–Kier alpha value is -6.58. The number of aromatic amines is 1. The Labute approximate surface area is 524 Å². The zero-order valence-electron chi connectivity index (χ0n) is 53.5. The number of carbonyl (C=O) groups excluding carboxylic acids is 7. The average molecular weight is 1280 g/mol. The number of benzene rings is 1. The summed E-state index contributed by atoms with van der Waals surface area (Å²) in [6, 6.07) is 1.20. The molecular weight excluding hydrogens is 1180 g/mol. The fraction of sp³-hybridized carbons (Fsp3) is 0.661. The quantitative estimate of drug-likeness (QED) is 0.0381. The number of nitrogens with one attached hydrogen (secondary N) is 5. The number of phosphoric ester groups is 1. The third-order valence-electron chi connectivity index (χ3n) is 21.6. The third-order valence-corrected chi connectivity index (χ3v) is 22.7. The first kappa shape index (κ1) is 69.3. The van der Waals surface area contributed by atoms with Crippen molar-refractivity contribution in [2.75, 3.05) is 6.61 Å². The molecule has 0 radical (unpaired) electrons. The van der Waals surface area contributed by atoms with E-state index >= 15 is 0 Å². The van der Waals surface area contributed by atoms with E-state index in [4.69, 9.17) is 48.2 Å². The van der Waals surface area contributed by atoms with Gasteiger partial charge in [-0.3, -0.25) is 42.6 Å². The van der Waals surface area contributed by atoms with Crippen LogP contribution in [0.4, 0.5) is 0 Å². The number of hydrogen-bond donors (Lipinski definition) is 14. The van der Waals surface area contributed by atoms with Crippen LogP contribution in [0.3, 0.4) is 0 Å². The van der Waals surface area contributed by atoms with Gasteiger partial charge in [-0.05, 0) is 125 Å². The Kier molecular flexibility index (Phi) is 19.9. The third kappa shape index (κ3) is 13.1. The van der Waals surface area contributed by atoms with Crippen molar-refractivity contribution in [1.82, 2.24) is 26.3 Å². The van der Waals surface area contributed by atoms with E-state index in [1.54, 1.807) is 10.9 Å². The second kappa shape index (κ2) is 25.8. The van der Waals surface area contributed by atoms with Gasteiger partial charge in [0.25, 0.3) is 0 Å². The largest absolute Gasteiger partial charge is 0.473 e. The first-order valence-corrected chi connectivity index (χ1v) is 32.5. The van der Waals surface area contributed by atoms with Crippen molar-refractivity contribution in [2.45, 2.75) is 207 Å². The van der Waals surface area contributed by atoms with Gasteiger partial charge in [-0.15, -0.1) is 0 Å². The Morgan fingerprint density at radius 1 is 0.744 bits per heavy atom. The highest BCUT2D eigenvalue weighted by Crippen LogP contribution is 2.62. The van der Waals surface area contributed by atoms with Crippen molar-refractivity contribution >= 4 is 66.4 Å². The summed E-state index contributed by atoms with van der Waals surface area (Å²) in [4.78, 5) is 112. The minimum absolute atomic E-state index is 0.0185. The predicted molar refractivity (Wildman–Crippen MR) is 331 cm³/mol. The number of hydrogen-bond acceptors (Lipinski definition) is 17. The molecule has 27 nitrogen and oxygen atoms in total. The van der Waals surface area contributed by atoms with E-state index < -0.39 is 156 Å². The maximum absolute atomic E-state index is 14.3. The maximum atomic E-state index is 14.3. The number of aromatic nitrogens is 2. The molecule has 0 saturated carbocycles. The Balaban J connectivity index is 1.20. The Morgan fingerprint density at radius 2 is 1.32 bits per heavy atom. The van der Waals surface area contributed by atoms with Gasteiger partial charge in [0.15, 0.2) is 11.0 Å². The maximum Gasteiger partial charge on any atom is 0.473 e. The van der Waals surface area contributed by atoms with Crippen molar-refractivity contribution in [3.63, 3.8) is 0 Å². The lowest BCUT2D eigenvalue weighted by atomic mass is 9.56. The number of nitrogens with two attached hydrogens (primary N) is 6. The van der Waals surface area contributed by atoms with E-state index in [0.717, 1.165) is 34.1 Å². The standard InChI is InChI=1S/C62H94N13O14P/c1-29-20-39-40(21-30(29)2)75(28-70-39)57-52(84)53(41(27-76)87-57)89-90(85,86)88-31(3)26-69-49(83)18-19-59(8)37(22-46(66)80)56-62(11)61(10,25-48(68)82)36(14-17-45(65)79)51(74-62)33(5)55-60(9,24-47(67)81)34(12-15-43(63)77)38(71-55)23-42-58(6,7)35(13-16-44(64)78)50(72-42)32(4)54(59)73-56/h20-21,23,26,28,31,34-38,41,50-53,56-57,71-74,76,84H,12-19,22,24-25,27H2,1-11H3,(H13,63,64,65,66,67,68,77,78,79,80,81,82,85,86)/p+1/b42-23-,54-32-,55-33-,69-26?/t31-,34-,35-,36-,37+,38?,41-,50-,51?,52-,53-,56-,57+,59-,60+,61+,62+/m1/s1. The summed E-state index contributed by atoms with van der Waals surface area (Å²) >= 11 is 0. The summed E-state index contributed by atoms with van der Waals surface area (Å²) in [6.07, 6.45) is -2.37. The van der Waals surface area contributed by atoms with E-state index in [-0.39, 0.29) is 70.1 Å². The summed E-state index contributed by atoms with van der Waals surface area (Å²) in [7, 11) is -5.10. The van der Waals surface area contributed by atoms with Crippen LogP contribution in [0.25, 0.3) is 11.0 Å². The highest BCUT2D eigenvalue weighted by Gasteiger charge is 2.68. The van der Waals surface area contributed by atoms with Crippen LogP contribution in [0.2, 0.25) is 0 Å². The van der Waals surface area contributed by atoms with E-state index in [0.29, 0.717) is 28.9 Å². The molecule has 0 spiro atoms. The molecule has 1 aromatic carbocycles. The summed E-state index contributed by atoms with van der Waals surface area (Å²) in [5.41, 5.74) is 37.9. The topological polar surface area (TPSA) is 461 Å². The Bertz CT molecular complexity index is 3380. The first-order valence-electron chi connectivity index (χ1n) is 31.0. The molecule has 0 aliphatic carbocycles. The van der Waals surface area contributed by atoms with Gasteiger partial charge in [-0.2, -0.15) is 4.57 Å². The lowest BCUT2D eigenvalue weighted by molar-refractivity contribution is -0.743. The van der Waals surface area contributed by atoms with Gasteiger partial charge in [0, 0.05) is 119 Å². The van der Waals surface area contributed by atoms with Crippen LogP contribution in [0.5, 0.6) is 0 Å². The van der Waals surface area contributed by atoms with Crippen LogP contribution < -0.4 is 60.2 Å². The minimum atomic E-state index is -5.10. The number of H-pyrrole nitrogens is 1. The summed E-state index contributed by atoms with van der Waals surface area (Å²) in [6.45, 7) is 20.2. The van der Waals surface area contributed by atoms with E-state index in [1.807, 2.05) is 67.5 Å². The first-order chi connectivity index (χ1) is 41.8. The molecule has 2 aromatic rings. The number of nitrogens with zero attached hydrogens (tertiary/aromatic N) is 2. The molecule has 5 fully saturated rings. The number of aliphatic imine (C=N–C) groups is 1. The van der Waals surface area contributed by atoms with Crippen molar-refractivity contribution in [2.24, 2.45) is 84.7 Å². The van der Waals surface area contributed by atoms with Crippen LogP contribution in [0.15, 0.2) is 57.8 Å². The van der Waals surface area contributed by atoms with Crippen LogP contribution in [0, 0.1) is 59.2 Å². The SMILES string of the molecule is C/C1=C2/NC(/C=C3\N[C@H](/C(C)=C4\N[C@H]([C@H](CC(N)=O)[C@@]4(C)CCC(=O)N=C[C@@H](C)OP(=O)(O)O[C@H]4[C@@H](O)[C@@H]([n+]5c[nH]c6cc(C)c(C)cc65)O[C@@H]4CO)[C@]4(C)NC1[C@@H](CCC(N)=O)[C@]4(C)CC(N)=O)[C@@H](CCC(N)=O)C3(C)C)[C@@H](CCC(N)=O)[C@]2(C)CC(N)=O. The number of aliphatic hydroxyl groups is 2. The molecule has 6 aliphatic heterocycles. The Morgan fingerprint density at radius 3 is 1.91 bits per heavy atom. The number of phosphoric acid groups is 1. The summed E-state index contributed by atoms with van der Waals surface area (Å²) < 4.78 is 32.2. The van der Waals surface area contributed by atoms with Gasteiger partial charge in [-0.1, -0.05) is 34.6 Å². The number of imidazole rings is 1. The van der Waals surface area contributed by atoms with Crippen LogP contribution >= 0.6 is 7.82 Å². The molecule has 7 heterocycles. The second-order valence-electron chi connectivity index (χ2n) is 27.7. The van der Waals surface area contributed by atoms with E-state index in [1.165, 1.54) is 6.92 Å². The number of aryl methyl sites for hydroxylation is 2. The van der Waals surface area contributed by atoms with Gasteiger partial charge < -0.3 is 75.5 Å². The second-order valence-corrected chi connectivity index (χ2v) is 29.1. The lowest BCUT2D eigenvalue weighted by Crippen LogP contribution is -2.64. The fourth-order valence-electron chi connectivity index (χ4n) is 16.6.